The van der Waals surface area contributed by atoms with Gasteiger partial charge in [-0.05, 0) is 46.2 Å². The van der Waals surface area contributed by atoms with E-state index in [1.165, 1.54) is 11.8 Å². The summed E-state index contributed by atoms with van der Waals surface area (Å²) < 4.78 is 5.24. The molecule has 0 aliphatic rings. The van der Waals surface area contributed by atoms with Crippen LogP contribution in [0.15, 0.2) is 24.3 Å². The van der Waals surface area contributed by atoms with E-state index in [0.29, 0.717) is 24.2 Å². The largest absolute Gasteiger partial charge is 0.444 e. The predicted molar refractivity (Wildman–Crippen MR) is 93.2 cm³/mol. The number of nitrogens with one attached hydrogen (secondary N) is 1. The molecule has 0 atom stereocenters. The van der Waals surface area contributed by atoms with Crippen molar-refractivity contribution in [2.75, 3.05) is 18.9 Å². The fraction of sp³-hybridized carbons (Fsp3) is 0.500. The Morgan fingerprint density at radius 1 is 1.21 bits per heavy atom. The molecular weight excluding hydrogens is 308 g/mol. The molecular formula is C18H26N2O4. The fourth-order valence-corrected chi connectivity index (χ4v) is 1.95. The molecule has 0 saturated heterocycles. The van der Waals surface area contributed by atoms with Crippen LogP contribution < -0.4 is 5.32 Å². The summed E-state index contributed by atoms with van der Waals surface area (Å²) >= 11 is 0. The summed E-state index contributed by atoms with van der Waals surface area (Å²) in [5.74, 6) is -0.210. The number of hydrogen-bond acceptors (Lipinski definition) is 4. The molecule has 0 unspecified atom stereocenters. The summed E-state index contributed by atoms with van der Waals surface area (Å²) in [7, 11) is 1.64. The van der Waals surface area contributed by atoms with E-state index < -0.39 is 11.7 Å². The minimum absolute atomic E-state index is 0.0508. The van der Waals surface area contributed by atoms with Crippen molar-refractivity contribution in [3.05, 3.63) is 29.8 Å². The van der Waals surface area contributed by atoms with Crippen LogP contribution >= 0.6 is 0 Å². The Morgan fingerprint density at radius 3 is 2.46 bits per heavy atom. The van der Waals surface area contributed by atoms with Gasteiger partial charge in [0.15, 0.2) is 5.78 Å². The minimum Gasteiger partial charge on any atom is -0.444 e. The number of hydrogen-bond donors (Lipinski definition) is 1. The number of anilines is 1. The van der Waals surface area contributed by atoms with E-state index in [-0.39, 0.29) is 18.1 Å². The average Bonchev–Trinajstić information content (AvgIpc) is 2.45. The molecule has 1 N–H and O–H groups in total. The molecule has 0 spiro atoms. The zero-order valence-corrected chi connectivity index (χ0v) is 15.0. The quantitative estimate of drug-likeness (QED) is 0.808. The van der Waals surface area contributed by atoms with Gasteiger partial charge in [-0.2, -0.15) is 0 Å². The van der Waals surface area contributed by atoms with E-state index >= 15 is 0 Å². The minimum atomic E-state index is -0.537. The number of ether oxygens (including phenoxy) is 1. The van der Waals surface area contributed by atoms with Crippen LogP contribution in [-0.4, -0.2) is 41.9 Å². The van der Waals surface area contributed by atoms with Gasteiger partial charge >= 0.3 is 6.09 Å². The Morgan fingerprint density at radius 2 is 1.88 bits per heavy atom. The lowest BCUT2D eigenvalue weighted by atomic mass is 10.1. The first-order valence-corrected chi connectivity index (χ1v) is 7.93. The molecule has 0 heterocycles. The third-order valence-corrected chi connectivity index (χ3v) is 3.16. The van der Waals surface area contributed by atoms with E-state index in [4.69, 9.17) is 4.74 Å². The molecule has 0 saturated carbocycles. The van der Waals surface area contributed by atoms with Crippen LogP contribution in [0.1, 0.15) is 50.9 Å². The zero-order chi connectivity index (χ0) is 18.3. The molecule has 132 valence electrons. The molecule has 1 rings (SSSR count). The molecule has 0 radical (unpaired) electrons. The van der Waals surface area contributed by atoms with Gasteiger partial charge in [0.05, 0.1) is 0 Å². The summed E-state index contributed by atoms with van der Waals surface area (Å²) in [5, 5.41) is 2.75. The number of benzene rings is 1. The molecule has 0 fully saturated rings. The number of amides is 2. The molecule has 0 aliphatic carbocycles. The van der Waals surface area contributed by atoms with Gasteiger partial charge in [0.1, 0.15) is 5.60 Å². The van der Waals surface area contributed by atoms with E-state index in [9.17, 15) is 14.4 Å². The van der Waals surface area contributed by atoms with Crippen LogP contribution in [0.2, 0.25) is 0 Å². The van der Waals surface area contributed by atoms with E-state index in [2.05, 4.69) is 5.32 Å². The van der Waals surface area contributed by atoms with Crippen molar-refractivity contribution in [3.8, 4) is 0 Å². The molecule has 0 aliphatic heterocycles. The molecule has 24 heavy (non-hydrogen) atoms. The third-order valence-electron chi connectivity index (χ3n) is 3.16. The van der Waals surface area contributed by atoms with Crippen molar-refractivity contribution >= 4 is 23.5 Å². The standard InChI is InChI=1S/C18H26N2O4/c1-13(21)14-8-6-9-15(12-14)19-16(22)10-7-11-20(5)17(23)24-18(2,3)4/h6,8-9,12H,7,10-11H2,1-5H3,(H,19,22). The molecule has 0 aromatic heterocycles. The monoisotopic (exact) mass is 334 g/mol. The maximum Gasteiger partial charge on any atom is 0.410 e. The van der Waals surface area contributed by atoms with Crippen molar-refractivity contribution < 1.29 is 19.1 Å². The Hall–Kier alpha value is -2.37. The Kier molecular flexibility index (Phi) is 6.95. The predicted octanol–water partition coefficient (Wildman–Crippen LogP) is 3.47. The number of carbonyl (C=O) groups is 3. The fourth-order valence-electron chi connectivity index (χ4n) is 1.95. The van der Waals surface area contributed by atoms with Crippen molar-refractivity contribution in [2.45, 2.75) is 46.1 Å². The van der Waals surface area contributed by atoms with Crippen LogP contribution in [0, 0.1) is 0 Å². The second kappa shape index (κ2) is 8.47. The van der Waals surface area contributed by atoms with E-state index in [0.717, 1.165) is 0 Å². The van der Waals surface area contributed by atoms with Gasteiger partial charge in [0, 0.05) is 31.3 Å². The van der Waals surface area contributed by atoms with E-state index in [1.807, 2.05) is 0 Å². The Bertz CT molecular complexity index is 605. The lowest BCUT2D eigenvalue weighted by Gasteiger charge is -2.24. The zero-order valence-electron chi connectivity index (χ0n) is 15.0. The number of rotatable bonds is 6. The number of carbonyl (C=O) groups excluding carboxylic acids is 3. The SMILES string of the molecule is CC(=O)c1cccc(NC(=O)CCCN(C)C(=O)OC(C)(C)C)c1. The molecule has 6 nitrogen and oxygen atoms in total. The number of nitrogens with zero attached hydrogens (tertiary/aromatic N) is 1. The lowest BCUT2D eigenvalue weighted by molar-refractivity contribution is -0.116. The maximum atomic E-state index is 11.9. The van der Waals surface area contributed by atoms with Gasteiger partial charge in [-0.3, -0.25) is 9.59 Å². The first-order valence-electron chi connectivity index (χ1n) is 7.93. The summed E-state index contributed by atoms with van der Waals surface area (Å²) in [6.45, 7) is 7.33. The lowest BCUT2D eigenvalue weighted by Crippen LogP contribution is -2.35. The van der Waals surface area contributed by atoms with Crippen LogP contribution in [0.4, 0.5) is 10.5 Å². The Labute approximate surface area is 143 Å². The highest BCUT2D eigenvalue weighted by Gasteiger charge is 2.19. The van der Waals surface area contributed by atoms with Crippen molar-refractivity contribution in [3.63, 3.8) is 0 Å². The summed E-state index contributed by atoms with van der Waals surface area (Å²) in [6.07, 6.45) is 0.392. The van der Waals surface area contributed by atoms with Gasteiger partial charge in [-0.25, -0.2) is 4.79 Å². The summed E-state index contributed by atoms with van der Waals surface area (Å²) in [4.78, 5) is 36.5. The number of ketones is 1. The van der Waals surface area contributed by atoms with Crippen LogP contribution in [0.3, 0.4) is 0 Å². The highest BCUT2D eigenvalue weighted by molar-refractivity contribution is 5.97. The highest BCUT2D eigenvalue weighted by Crippen LogP contribution is 2.12. The molecule has 0 bridgehead atoms. The smallest absolute Gasteiger partial charge is 0.410 e. The van der Waals surface area contributed by atoms with Gasteiger partial charge in [0.2, 0.25) is 5.91 Å². The second-order valence-corrected chi connectivity index (χ2v) is 6.69. The van der Waals surface area contributed by atoms with Gasteiger partial charge in [-0.15, -0.1) is 0 Å². The third kappa shape index (κ3) is 7.26. The van der Waals surface area contributed by atoms with Crippen LogP contribution in [0.5, 0.6) is 0 Å². The maximum absolute atomic E-state index is 11.9. The Balaban J connectivity index is 2.40. The first-order chi connectivity index (χ1) is 11.1. The van der Waals surface area contributed by atoms with E-state index in [1.54, 1.807) is 52.1 Å². The number of Topliss-reactive ketones (excluding diaryl/α,β-unsaturated/α-hetero) is 1. The topological polar surface area (TPSA) is 75.7 Å². The molecule has 1 aromatic rings. The van der Waals surface area contributed by atoms with Crippen molar-refractivity contribution in [1.29, 1.82) is 0 Å². The molecule has 2 amide bonds. The van der Waals surface area contributed by atoms with Crippen LogP contribution in [0.25, 0.3) is 0 Å². The van der Waals surface area contributed by atoms with Crippen LogP contribution in [-0.2, 0) is 9.53 Å². The highest BCUT2D eigenvalue weighted by atomic mass is 16.6. The molecule has 6 heteroatoms. The average molecular weight is 334 g/mol. The summed E-state index contributed by atoms with van der Waals surface area (Å²) in [6, 6.07) is 6.81. The normalized spacial score (nSPS) is 10.9. The van der Waals surface area contributed by atoms with Crippen molar-refractivity contribution in [1.82, 2.24) is 4.90 Å². The van der Waals surface area contributed by atoms with Gasteiger partial charge < -0.3 is 15.0 Å². The van der Waals surface area contributed by atoms with Crippen molar-refractivity contribution in [2.24, 2.45) is 0 Å². The second-order valence-electron chi connectivity index (χ2n) is 6.69. The van der Waals surface area contributed by atoms with Gasteiger partial charge in [0.25, 0.3) is 0 Å². The first kappa shape index (κ1) is 19.7. The molecule has 1 aromatic carbocycles. The van der Waals surface area contributed by atoms with Gasteiger partial charge in [-0.1, -0.05) is 12.1 Å². The summed E-state index contributed by atoms with van der Waals surface area (Å²) in [5.41, 5.74) is 0.607.